The Bertz CT molecular complexity index is 410. The Morgan fingerprint density at radius 1 is 1.44 bits per heavy atom. The third kappa shape index (κ3) is 2.14. The number of carbonyl (C=O) groups excluding carboxylic acids is 1. The van der Waals surface area contributed by atoms with Crippen molar-refractivity contribution >= 4 is 11.7 Å². The lowest BCUT2D eigenvalue weighted by Crippen LogP contribution is -2.37. The summed E-state index contributed by atoms with van der Waals surface area (Å²) in [5.41, 5.74) is 0.760. The van der Waals surface area contributed by atoms with Gasteiger partial charge in [-0.3, -0.25) is 0 Å². The number of nitriles is 1. The molecule has 0 saturated carbocycles. The van der Waals surface area contributed by atoms with Crippen molar-refractivity contribution in [2.45, 2.75) is 18.9 Å². The van der Waals surface area contributed by atoms with Gasteiger partial charge in [0.25, 0.3) is 0 Å². The van der Waals surface area contributed by atoms with Crippen molar-refractivity contribution in [3.63, 3.8) is 0 Å². The summed E-state index contributed by atoms with van der Waals surface area (Å²) in [5, 5.41) is 11.7. The fraction of sp³-hybridized carbons (Fsp3) is 0.333. The second-order valence-corrected chi connectivity index (χ2v) is 3.78. The Balaban J connectivity index is 2.01. The first kappa shape index (κ1) is 10.5. The van der Waals surface area contributed by atoms with Crippen molar-refractivity contribution < 1.29 is 4.79 Å². The summed E-state index contributed by atoms with van der Waals surface area (Å²) in [4.78, 5) is 13.4. The van der Waals surface area contributed by atoms with Crippen molar-refractivity contribution in [3.8, 4) is 6.07 Å². The highest BCUT2D eigenvalue weighted by atomic mass is 16.2. The number of amides is 2. The zero-order chi connectivity index (χ0) is 11.4. The molecule has 1 fully saturated rings. The van der Waals surface area contributed by atoms with E-state index in [4.69, 9.17) is 5.26 Å². The van der Waals surface area contributed by atoms with Gasteiger partial charge in [-0.1, -0.05) is 18.2 Å². The molecule has 0 aromatic heterocycles. The molecule has 0 bridgehead atoms. The second kappa shape index (κ2) is 4.67. The van der Waals surface area contributed by atoms with Gasteiger partial charge in [0.2, 0.25) is 0 Å². The zero-order valence-corrected chi connectivity index (χ0v) is 8.89. The van der Waals surface area contributed by atoms with Gasteiger partial charge in [0.15, 0.2) is 0 Å². The van der Waals surface area contributed by atoms with Gasteiger partial charge in [0, 0.05) is 12.2 Å². The Kier molecular flexibility index (Phi) is 3.06. The molecule has 1 aromatic rings. The number of nitrogens with zero attached hydrogens (tertiary/aromatic N) is 2. The summed E-state index contributed by atoms with van der Waals surface area (Å²) in [6, 6.07) is 11.0. The number of likely N-dealkylation sites (tertiary alicyclic amines) is 1. The molecule has 0 aliphatic carbocycles. The normalized spacial score (nSPS) is 19.2. The average Bonchev–Trinajstić information content (AvgIpc) is 2.78. The summed E-state index contributed by atoms with van der Waals surface area (Å²) < 4.78 is 0. The van der Waals surface area contributed by atoms with E-state index in [1.807, 2.05) is 30.3 Å². The van der Waals surface area contributed by atoms with Crippen molar-refractivity contribution in [1.82, 2.24) is 4.90 Å². The van der Waals surface area contributed by atoms with Gasteiger partial charge in [-0.05, 0) is 25.0 Å². The number of benzene rings is 1. The smallest absolute Gasteiger partial charge is 0.308 e. The maximum atomic E-state index is 11.8. The van der Waals surface area contributed by atoms with E-state index in [0.717, 1.165) is 18.5 Å². The van der Waals surface area contributed by atoms with Gasteiger partial charge in [0.1, 0.15) is 6.04 Å². The van der Waals surface area contributed by atoms with Crippen LogP contribution in [0.15, 0.2) is 30.3 Å². The summed E-state index contributed by atoms with van der Waals surface area (Å²) in [6.45, 7) is 0.664. The molecule has 1 N–H and O–H groups in total. The van der Waals surface area contributed by atoms with E-state index in [2.05, 4.69) is 11.4 Å². The second-order valence-electron chi connectivity index (χ2n) is 3.78. The molecular formula is C12H13N3O. The Labute approximate surface area is 94.5 Å². The number of para-hydroxylation sites is 1. The fourth-order valence-electron chi connectivity index (χ4n) is 1.86. The van der Waals surface area contributed by atoms with E-state index in [1.165, 1.54) is 0 Å². The van der Waals surface area contributed by atoms with Crippen LogP contribution in [-0.2, 0) is 0 Å². The zero-order valence-electron chi connectivity index (χ0n) is 8.89. The number of hydrogen-bond donors (Lipinski definition) is 1. The predicted octanol–water partition coefficient (Wildman–Crippen LogP) is 2.21. The number of rotatable bonds is 1. The van der Waals surface area contributed by atoms with Crippen LogP contribution in [0.3, 0.4) is 0 Å². The Morgan fingerprint density at radius 2 is 2.19 bits per heavy atom. The van der Waals surface area contributed by atoms with E-state index in [0.29, 0.717) is 6.54 Å². The average molecular weight is 215 g/mol. The maximum Gasteiger partial charge on any atom is 0.322 e. The highest BCUT2D eigenvalue weighted by molar-refractivity contribution is 5.89. The minimum absolute atomic E-state index is 0.185. The van der Waals surface area contributed by atoms with Gasteiger partial charge >= 0.3 is 6.03 Å². The number of nitrogens with one attached hydrogen (secondary N) is 1. The van der Waals surface area contributed by atoms with E-state index in [9.17, 15) is 4.79 Å². The molecule has 16 heavy (non-hydrogen) atoms. The molecule has 4 heteroatoms. The molecular weight excluding hydrogens is 202 g/mol. The van der Waals surface area contributed by atoms with Gasteiger partial charge in [-0.25, -0.2) is 4.79 Å². The summed E-state index contributed by atoms with van der Waals surface area (Å²) >= 11 is 0. The molecule has 1 atom stereocenters. The molecule has 4 nitrogen and oxygen atoms in total. The van der Waals surface area contributed by atoms with Gasteiger partial charge in [-0.15, -0.1) is 0 Å². The number of hydrogen-bond acceptors (Lipinski definition) is 2. The number of anilines is 1. The first-order valence-electron chi connectivity index (χ1n) is 5.33. The van der Waals surface area contributed by atoms with Crippen LogP contribution in [0.25, 0.3) is 0 Å². The lowest BCUT2D eigenvalue weighted by Gasteiger charge is -2.19. The first-order chi connectivity index (χ1) is 7.81. The molecule has 1 aliphatic rings. The van der Waals surface area contributed by atoms with E-state index < -0.39 is 0 Å². The molecule has 1 saturated heterocycles. The van der Waals surface area contributed by atoms with Crippen LogP contribution in [-0.4, -0.2) is 23.5 Å². The first-order valence-corrected chi connectivity index (χ1v) is 5.33. The van der Waals surface area contributed by atoms with Crippen molar-refractivity contribution in [3.05, 3.63) is 30.3 Å². The van der Waals surface area contributed by atoms with Crippen LogP contribution in [0.2, 0.25) is 0 Å². The minimum Gasteiger partial charge on any atom is -0.308 e. The fourth-order valence-corrected chi connectivity index (χ4v) is 1.86. The Morgan fingerprint density at radius 3 is 2.88 bits per heavy atom. The summed E-state index contributed by atoms with van der Waals surface area (Å²) in [6.07, 6.45) is 1.68. The highest BCUT2D eigenvalue weighted by Crippen LogP contribution is 2.17. The van der Waals surface area contributed by atoms with E-state index in [-0.39, 0.29) is 12.1 Å². The quantitative estimate of drug-likeness (QED) is 0.780. The molecule has 82 valence electrons. The SMILES string of the molecule is N#CC1CCCN1C(=O)Nc1ccccc1. The van der Waals surface area contributed by atoms with Crippen molar-refractivity contribution in [1.29, 1.82) is 5.26 Å². The molecule has 2 amide bonds. The number of carbonyl (C=O) groups is 1. The van der Waals surface area contributed by atoms with E-state index >= 15 is 0 Å². The molecule has 0 spiro atoms. The highest BCUT2D eigenvalue weighted by Gasteiger charge is 2.28. The monoisotopic (exact) mass is 215 g/mol. The van der Waals surface area contributed by atoms with Crippen molar-refractivity contribution in [2.24, 2.45) is 0 Å². The van der Waals surface area contributed by atoms with Gasteiger partial charge in [0.05, 0.1) is 6.07 Å². The Hall–Kier alpha value is -2.02. The predicted molar refractivity (Wildman–Crippen MR) is 60.8 cm³/mol. The third-order valence-electron chi connectivity index (χ3n) is 2.69. The number of urea groups is 1. The lowest BCUT2D eigenvalue weighted by molar-refractivity contribution is 0.215. The van der Waals surface area contributed by atoms with Gasteiger partial charge < -0.3 is 10.2 Å². The van der Waals surface area contributed by atoms with Crippen LogP contribution in [0.4, 0.5) is 10.5 Å². The molecule has 0 radical (unpaired) electrons. The molecule has 1 unspecified atom stereocenters. The molecule has 2 rings (SSSR count). The third-order valence-corrected chi connectivity index (χ3v) is 2.69. The van der Waals surface area contributed by atoms with Crippen LogP contribution in [0.5, 0.6) is 0 Å². The molecule has 1 aromatic carbocycles. The van der Waals surface area contributed by atoms with Gasteiger partial charge in [-0.2, -0.15) is 5.26 Å². The molecule has 1 heterocycles. The van der Waals surface area contributed by atoms with Crippen LogP contribution in [0, 0.1) is 11.3 Å². The van der Waals surface area contributed by atoms with Crippen molar-refractivity contribution in [2.75, 3.05) is 11.9 Å². The van der Waals surface area contributed by atoms with Crippen LogP contribution >= 0.6 is 0 Å². The van der Waals surface area contributed by atoms with Crippen LogP contribution in [0.1, 0.15) is 12.8 Å². The summed E-state index contributed by atoms with van der Waals surface area (Å²) in [5.74, 6) is 0. The minimum atomic E-state index is -0.274. The van der Waals surface area contributed by atoms with E-state index in [1.54, 1.807) is 4.90 Å². The lowest BCUT2D eigenvalue weighted by atomic mass is 10.2. The molecule has 1 aliphatic heterocycles. The standard InChI is InChI=1S/C12H13N3O/c13-9-11-7-4-8-15(11)12(16)14-10-5-2-1-3-6-10/h1-3,5-6,11H,4,7-8H2,(H,14,16). The topological polar surface area (TPSA) is 56.1 Å². The largest absolute Gasteiger partial charge is 0.322 e. The maximum absolute atomic E-state index is 11.8. The van der Waals surface area contributed by atoms with Crippen LogP contribution < -0.4 is 5.32 Å². The summed E-state index contributed by atoms with van der Waals surface area (Å²) in [7, 11) is 0.